The van der Waals surface area contributed by atoms with E-state index in [9.17, 15) is 9.59 Å². The number of rotatable bonds is 6. The number of piperazine rings is 1. The predicted molar refractivity (Wildman–Crippen MR) is 147 cm³/mol. The second-order valence-corrected chi connectivity index (χ2v) is 11.1. The van der Waals surface area contributed by atoms with Gasteiger partial charge in [-0.25, -0.2) is 9.50 Å². The molecule has 2 aliphatic rings. The van der Waals surface area contributed by atoms with Gasteiger partial charge in [-0.1, -0.05) is 6.07 Å². The quantitative estimate of drug-likeness (QED) is 0.392. The fourth-order valence-electron chi connectivity index (χ4n) is 5.09. The van der Waals surface area contributed by atoms with Gasteiger partial charge in [-0.2, -0.15) is 5.10 Å². The zero-order chi connectivity index (χ0) is 26.3. The number of pyridine rings is 1. The van der Waals surface area contributed by atoms with E-state index >= 15 is 0 Å². The van der Waals surface area contributed by atoms with Crippen molar-refractivity contribution in [2.24, 2.45) is 0 Å². The molecule has 2 amide bonds. The summed E-state index contributed by atoms with van der Waals surface area (Å²) in [7, 11) is 0. The van der Waals surface area contributed by atoms with E-state index < -0.39 is 0 Å². The molecule has 1 saturated heterocycles. The fraction of sp³-hybridized carbons (Fsp3) is 0.333. The largest absolute Gasteiger partial charge is 0.487 e. The Labute approximate surface area is 224 Å². The average Bonchev–Trinajstić information content (AvgIpc) is 3.61. The molecule has 10 nitrogen and oxygen atoms in total. The van der Waals surface area contributed by atoms with Crippen LogP contribution < -0.4 is 20.3 Å². The van der Waals surface area contributed by atoms with Crippen molar-refractivity contribution in [1.29, 1.82) is 0 Å². The molecule has 0 atom stereocenters. The number of hydrogen-bond donors (Lipinski definition) is 2. The van der Waals surface area contributed by atoms with Gasteiger partial charge in [-0.05, 0) is 32.0 Å². The topological polar surface area (TPSA) is 104 Å². The molecule has 0 bridgehead atoms. The maximum absolute atomic E-state index is 13.4. The average molecular weight is 532 g/mol. The lowest BCUT2D eigenvalue weighted by atomic mass is 10.0. The molecule has 0 spiro atoms. The first-order valence-corrected chi connectivity index (χ1v) is 13.5. The molecule has 11 heteroatoms. The van der Waals surface area contributed by atoms with E-state index in [1.165, 1.54) is 11.3 Å². The maximum Gasteiger partial charge on any atom is 0.259 e. The molecule has 2 aliphatic heterocycles. The van der Waals surface area contributed by atoms with Crippen LogP contribution in [0.2, 0.25) is 0 Å². The number of ether oxygens (including phenoxy) is 1. The van der Waals surface area contributed by atoms with Crippen molar-refractivity contribution in [2.75, 3.05) is 48.3 Å². The van der Waals surface area contributed by atoms with Crippen LogP contribution in [0.4, 0.5) is 16.5 Å². The lowest BCUT2D eigenvalue weighted by molar-refractivity contribution is -0.117. The number of benzene rings is 1. The van der Waals surface area contributed by atoms with Crippen molar-refractivity contribution in [3.63, 3.8) is 0 Å². The Morgan fingerprint density at radius 3 is 2.76 bits per heavy atom. The number of nitrogens with zero attached hydrogens (tertiary/aromatic N) is 5. The predicted octanol–water partition coefficient (Wildman–Crippen LogP) is 3.52. The molecule has 6 rings (SSSR count). The fourth-order valence-corrected chi connectivity index (χ4v) is 5.64. The van der Waals surface area contributed by atoms with Gasteiger partial charge in [-0.3, -0.25) is 14.5 Å². The smallest absolute Gasteiger partial charge is 0.259 e. The van der Waals surface area contributed by atoms with Crippen molar-refractivity contribution in [3.05, 3.63) is 65.4 Å². The van der Waals surface area contributed by atoms with Crippen LogP contribution in [0, 0.1) is 0 Å². The summed E-state index contributed by atoms with van der Waals surface area (Å²) in [5, 5.41) is 12.8. The monoisotopic (exact) mass is 531 g/mol. The Morgan fingerprint density at radius 1 is 1.13 bits per heavy atom. The molecular formula is C27H29N7O3S. The van der Waals surface area contributed by atoms with Gasteiger partial charge >= 0.3 is 0 Å². The lowest BCUT2D eigenvalue weighted by Gasteiger charge is -2.36. The molecule has 0 unspecified atom stereocenters. The minimum Gasteiger partial charge on any atom is -0.487 e. The molecule has 0 saturated carbocycles. The maximum atomic E-state index is 13.4. The Bertz CT molecular complexity index is 1490. The van der Waals surface area contributed by atoms with Crippen molar-refractivity contribution in [3.8, 4) is 5.75 Å². The molecule has 1 aromatic carbocycles. The summed E-state index contributed by atoms with van der Waals surface area (Å²) in [5.41, 5.74) is 3.71. The van der Waals surface area contributed by atoms with Crippen LogP contribution in [-0.4, -0.2) is 69.6 Å². The van der Waals surface area contributed by atoms with Crippen molar-refractivity contribution in [1.82, 2.24) is 19.5 Å². The zero-order valence-corrected chi connectivity index (χ0v) is 22.1. The third kappa shape index (κ3) is 4.94. The summed E-state index contributed by atoms with van der Waals surface area (Å²) in [4.78, 5) is 34.3. The van der Waals surface area contributed by atoms with Crippen LogP contribution in [0.15, 0.2) is 54.3 Å². The summed E-state index contributed by atoms with van der Waals surface area (Å²) in [6.07, 6.45) is 5.86. The third-order valence-electron chi connectivity index (χ3n) is 6.86. The number of carbonyl (C=O) groups excluding carboxylic acids is 2. The number of amides is 2. The molecule has 1 fully saturated rings. The highest BCUT2D eigenvalue weighted by molar-refractivity contribution is 7.13. The molecule has 0 radical (unpaired) electrons. The van der Waals surface area contributed by atoms with Crippen LogP contribution in [0.1, 0.15) is 29.8 Å². The van der Waals surface area contributed by atoms with Gasteiger partial charge in [0.15, 0.2) is 5.13 Å². The number of anilines is 3. The molecule has 5 heterocycles. The highest BCUT2D eigenvalue weighted by Gasteiger charge is 2.33. The normalized spacial score (nSPS) is 16.7. The SMILES string of the molecule is CC1(C)Cc2cc(NC(=O)c3cnn4ccccc34)c(N3CCN(CC(=O)Nc4nccs4)CC3)cc2O1. The number of nitrogens with one attached hydrogen (secondary N) is 2. The van der Waals surface area contributed by atoms with Gasteiger partial charge in [-0.15, -0.1) is 11.3 Å². The molecule has 3 aromatic heterocycles. The number of hydrogen-bond acceptors (Lipinski definition) is 8. The Hall–Kier alpha value is -3.96. The van der Waals surface area contributed by atoms with Crippen molar-refractivity contribution in [2.45, 2.75) is 25.9 Å². The first-order chi connectivity index (χ1) is 18.3. The molecular weight excluding hydrogens is 502 g/mol. The molecule has 38 heavy (non-hydrogen) atoms. The van der Waals surface area contributed by atoms with E-state index in [0.29, 0.717) is 30.3 Å². The highest BCUT2D eigenvalue weighted by atomic mass is 32.1. The summed E-state index contributed by atoms with van der Waals surface area (Å²) >= 11 is 1.40. The van der Waals surface area contributed by atoms with Crippen molar-refractivity contribution < 1.29 is 14.3 Å². The third-order valence-corrected chi connectivity index (χ3v) is 7.55. The minimum atomic E-state index is -0.297. The highest BCUT2D eigenvalue weighted by Crippen LogP contribution is 2.42. The Balaban J connectivity index is 1.20. The zero-order valence-electron chi connectivity index (χ0n) is 21.3. The van der Waals surface area contributed by atoms with Crippen LogP contribution in [0.3, 0.4) is 0 Å². The van der Waals surface area contributed by atoms with E-state index in [4.69, 9.17) is 4.74 Å². The second kappa shape index (κ2) is 9.73. The Kier molecular flexibility index (Phi) is 6.24. The van der Waals surface area contributed by atoms with E-state index in [1.54, 1.807) is 16.9 Å². The molecule has 2 N–H and O–H groups in total. The second-order valence-electron chi connectivity index (χ2n) is 10.2. The first kappa shape index (κ1) is 24.4. The standard InChI is InChI=1S/C27H29N7O3S/c1-27(2)15-18-13-20(30-25(36)19-16-29-34-7-4-3-5-21(19)34)22(14-23(18)37-27)33-10-8-32(9-11-33)17-24(35)31-26-28-6-12-38-26/h3-7,12-14,16H,8-11,15,17H2,1-2H3,(H,30,36)(H,28,31,35). The lowest BCUT2D eigenvalue weighted by Crippen LogP contribution is -2.48. The summed E-state index contributed by atoms with van der Waals surface area (Å²) in [6, 6.07) is 9.73. The van der Waals surface area contributed by atoms with Crippen LogP contribution in [0.5, 0.6) is 5.75 Å². The van der Waals surface area contributed by atoms with Crippen LogP contribution in [-0.2, 0) is 11.2 Å². The number of fused-ring (bicyclic) bond motifs is 2. The first-order valence-electron chi connectivity index (χ1n) is 12.6. The van der Waals surface area contributed by atoms with Gasteiger partial charge in [0, 0.05) is 62.0 Å². The minimum absolute atomic E-state index is 0.0667. The van der Waals surface area contributed by atoms with Crippen LogP contribution >= 0.6 is 11.3 Å². The van der Waals surface area contributed by atoms with E-state index in [1.807, 2.05) is 41.9 Å². The van der Waals surface area contributed by atoms with Gasteiger partial charge in [0.05, 0.1) is 35.2 Å². The van der Waals surface area contributed by atoms with E-state index in [0.717, 1.165) is 47.7 Å². The van der Waals surface area contributed by atoms with Gasteiger partial charge in [0.25, 0.3) is 5.91 Å². The Morgan fingerprint density at radius 2 is 1.97 bits per heavy atom. The summed E-state index contributed by atoms with van der Waals surface area (Å²) in [6.45, 7) is 7.32. The number of thiazole rings is 1. The molecule has 0 aliphatic carbocycles. The number of carbonyl (C=O) groups is 2. The van der Waals surface area contributed by atoms with Gasteiger partial charge in [0.2, 0.25) is 5.91 Å². The molecule has 4 aromatic rings. The van der Waals surface area contributed by atoms with Gasteiger partial charge in [0.1, 0.15) is 11.4 Å². The van der Waals surface area contributed by atoms with Gasteiger partial charge < -0.3 is 20.3 Å². The van der Waals surface area contributed by atoms with E-state index in [2.05, 4.69) is 44.4 Å². The summed E-state index contributed by atoms with van der Waals surface area (Å²) in [5.74, 6) is 0.579. The van der Waals surface area contributed by atoms with E-state index in [-0.39, 0.29) is 17.4 Å². The van der Waals surface area contributed by atoms with Crippen molar-refractivity contribution >= 4 is 45.2 Å². The van der Waals surface area contributed by atoms with Crippen LogP contribution in [0.25, 0.3) is 5.52 Å². The number of aromatic nitrogens is 3. The summed E-state index contributed by atoms with van der Waals surface area (Å²) < 4.78 is 7.91. The molecule has 196 valence electrons.